The highest BCUT2D eigenvalue weighted by Gasteiger charge is 2.34. The molecule has 20 heavy (non-hydrogen) atoms. The zero-order valence-electron chi connectivity index (χ0n) is 11.3. The van der Waals surface area contributed by atoms with Crippen molar-refractivity contribution in [1.82, 2.24) is 0 Å². The first kappa shape index (κ1) is 10.7. The summed E-state index contributed by atoms with van der Waals surface area (Å²) in [6.45, 7) is 0. The molecule has 0 heterocycles. The fourth-order valence-corrected chi connectivity index (χ4v) is 4.30. The predicted molar refractivity (Wildman–Crippen MR) is 84.9 cm³/mol. The lowest BCUT2D eigenvalue weighted by Crippen LogP contribution is -2.23. The van der Waals surface area contributed by atoms with Crippen LogP contribution in [0.4, 0.5) is 0 Å². The van der Waals surface area contributed by atoms with Crippen LogP contribution in [-0.2, 0) is 0 Å². The first-order chi connectivity index (χ1) is 9.92. The SMILES string of the molecule is C1=CC2CC3C=Cc4cccc5ccc(c3c45)C2C=C1. The van der Waals surface area contributed by atoms with E-state index < -0.39 is 0 Å². The maximum absolute atomic E-state index is 2.42. The Balaban J connectivity index is 1.88. The predicted octanol–water partition coefficient (Wildman–Crippen LogP) is 5.18. The van der Waals surface area contributed by atoms with E-state index in [0.717, 1.165) is 0 Å². The van der Waals surface area contributed by atoms with Crippen LogP contribution in [0.5, 0.6) is 0 Å². The van der Waals surface area contributed by atoms with Crippen molar-refractivity contribution in [3.63, 3.8) is 0 Å². The molecular formula is C20H16. The van der Waals surface area contributed by atoms with Gasteiger partial charge in [-0.05, 0) is 39.8 Å². The third kappa shape index (κ3) is 1.27. The second kappa shape index (κ2) is 3.73. The second-order valence-corrected chi connectivity index (χ2v) is 6.17. The van der Waals surface area contributed by atoms with Crippen molar-refractivity contribution in [3.05, 3.63) is 77.4 Å². The largest absolute Gasteiger partial charge is 0.0805 e. The lowest BCUT2D eigenvalue weighted by molar-refractivity contribution is 0.472. The molecule has 2 aromatic carbocycles. The summed E-state index contributed by atoms with van der Waals surface area (Å²) >= 11 is 0. The number of hydrogen-bond donors (Lipinski definition) is 0. The van der Waals surface area contributed by atoms with Gasteiger partial charge in [-0.15, -0.1) is 0 Å². The molecule has 2 aromatic rings. The standard InChI is InChI=1S/C20H16/c1-2-7-17-15(4-1)12-16-9-8-13-5-3-6-14-10-11-18(17)20(16)19(13)14/h1-11,15-17H,12H2. The van der Waals surface area contributed by atoms with E-state index >= 15 is 0 Å². The number of fused-ring (bicyclic) bond motifs is 2. The van der Waals surface area contributed by atoms with Crippen molar-refractivity contribution in [2.75, 3.05) is 0 Å². The van der Waals surface area contributed by atoms with Crippen LogP contribution in [0.1, 0.15) is 34.9 Å². The van der Waals surface area contributed by atoms with Crippen LogP contribution in [0, 0.1) is 5.92 Å². The van der Waals surface area contributed by atoms with Crippen molar-refractivity contribution in [1.29, 1.82) is 0 Å². The highest BCUT2D eigenvalue weighted by molar-refractivity contribution is 5.97. The molecule has 3 aliphatic rings. The van der Waals surface area contributed by atoms with E-state index in [0.29, 0.717) is 17.8 Å². The van der Waals surface area contributed by atoms with Crippen LogP contribution in [0.15, 0.2) is 60.7 Å². The van der Waals surface area contributed by atoms with Gasteiger partial charge in [0.25, 0.3) is 0 Å². The van der Waals surface area contributed by atoms with Gasteiger partial charge in [0.2, 0.25) is 0 Å². The van der Waals surface area contributed by atoms with E-state index in [1.165, 1.54) is 22.8 Å². The maximum Gasteiger partial charge on any atom is 0.00875 e. The van der Waals surface area contributed by atoms with E-state index in [4.69, 9.17) is 0 Å². The van der Waals surface area contributed by atoms with Crippen LogP contribution >= 0.6 is 0 Å². The summed E-state index contributed by atoms with van der Waals surface area (Å²) in [4.78, 5) is 0. The molecule has 0 nitrogen and oxygen atoms in total. The summed E-state index contributed by atoms with van der Waals surface area (Å²) < 4.78 is 0. The quantitative estimate of drug-likeness (QED) is 0.609. The third-order valence-electron chi connectivity index (χ3n) is 5.16. The van der Waals surface area contributed by atoms with E-state index in [1.807, 2.05) is 0 Å². The Morgan fingerprint density at radius 3 is 2.85 bits per heavy atom. The van der Waals surface area contributed by atoms with E-state index in [-0.39, 0.29) is 0 Å². The molecule has 96 valence electrons. The second-order valence-electron chi connectivity index (χ2n) is 6.17. The lowest BCUT2D eigenvalue weighted by Gasteiger charge is -2.38. The van der Waals surface area contributed by atoms with Crippen LogP contribution in [0.3, 0.4) is 0 Å². The topological polar surface area (TPSA) is 0 Å². The van der Waals surface area contributed by atoms with Crippen LogP contribution < -0.4 is 0 Å². The fourth-order valence-electron chi connectivity index (χ4n) is 4.30. The molecule has 0 spiro atoms. The molecule has 0 radical (unpaired) electrons. The first-order valence-electron chi connectivity index (χ1n) is 7.50. The van der Waals surface area contributed by atoms with Crippen molar-refractivity contribution >= 4 is 16.8 Å². The lowest BCUT2D eigenvalue weighted by atomic mass is 9.66. The molecule has 0 N–H and O–H groups in total. The molecule has 0 saturated heterocycles. The van der Waals surface area contributed by atoms with Gasteiger partial charge in [0.15, 0.2) is 0 Å². The van der Waals surface area contributed by atoms with Crippen molar-refractivity contribution in [3.8, 4) is 0 Å². The van der Waals surface area contributed by atoms with Gasteiger partial charge in [-0.25, -0.2) is 0 Å². The summed E-state index contributed by atoms with van der Waals surface area (Å²) in [7, 11) is 0. The minimum atomic E-state index is 0.579. The maximum atomic E-state index is 2.42. The average Bonchev–Trinajstić information content (AvgIpc) is 2.52. The summed E-state index contributed by atoms with van der Waals surface area (Å²) in [5.74, 6) is 1.85. The number of hydrogen-bond acceptors (Lipinski definition) is 0. The Morgan fingerprint density at radius 1 is 0.900 bits per heavy atom. The molecule has 3 unspecified atom stereocenters. The Hall–Kier alpha value is -2.08. The molecule has 0 fully saturated rings. The van der Waals surface area contributed by atoms with Crippen LogP contribution in [0.25, 0.3) is 16.8 Å². The zero-order valence-corrected chi connectivity index (χ0v) is 11.3. The Labute approximate surface area is 119 Å². The van der Waals surface area contributed by atoms with Gasteiger partial charge < -0.3 is 0 Å². The van der Waals surface area contributed by atoms with Gasteiger partial charge in [0.1, 0.15) is 0 Å². The molecule has 5 rings (SSSR count). The Morgan fingerprint density at radius 2 is 1.85 bits per heavy atom. The summed E-state index contributed by atoms with van der Waals surface area (Å²) in [5.41, 5.74) is 4.54. The highest BCUT2D eigenvalue weighted by atomic mass is 14.4. The van der Waals surface area contributed by atoms with E-state index in [1.54, 1.807) is 11.1 Å². The normalized spacial score (nSPS) is 28.7. The van der Waals surface area contributed by atoms with Crippen molar-refractivity contribution < 1.29 is 0 Å². The molecule has 0 bridgehead atoms. The van der Waals surface area contributed by atoms with Gasteiger partial charge in [0.05, 0.1) is 0 Å². The van der Waals surface area contributed by atoms with Gasteiger partial charge in [-0.2, -0.15) is 0 Å². The van der Waals surface area contributed by atoms with E-state index in [9.17, 15) is 0 Å². The van der Waals surface area contributed by atoms with Crippen molar-refractivity contribution in [2.45, 2.75) is 18.3 Å². The number of rotatable bonds is 0. The molecule has 0 amide bonds. The smallest absolute Gasteiger partial charge is 0.00875 e. The molecule has 0 aliphatic heterocycles. The van der Waals surface area contributed by atoms with E-state index in [2.05, 4.69) is 66.8 Å². The molecule has 3 atom stereocenters. The van der Waals surface area contributed by atoms with Crippen molar-refractivity contribution in [2.24, 2.45) is 5.92 Å². The van der Waals surface area contributed by atoms with Gasteiger partial charge >= 0.3 is 0 Å². The first-order valence-corrected chi connectivity index (χ1v) is 7.50. The Kier molecular flexibility index (Phi) is 1.99. The molecule has 0 saturated carbocycles. The fraction of sp³-hybridized carbons (Fsp3) is 0.200. The van der Waals surface area contributed by atoms with Gasteiger partial charge in [-0.3, -0.25) is 0 Å². The highest BCUT2D eigenvalue weighted by Crippen LogP contribution is 2.50. The van der Waals surface area contributed by atoms with Gasteiger partial charge in [0, 0.05) is 11.8 Å². The van der Waals surface area contributed by atoms with Crippen LogP contribution in [0.2, 0.25) is 0 Å². The molecule has 0 aromatic heterocycles. The minimum absolute atomic E-state index is 0.579. The number of allylic oxidation sites excluding steroid dienone is 5. The molecule has 3 aliphatic carbocycles. The van der Waals surface area contributed by atoms with Gasteiger partial charge in [-0.1, -0.05) is 66.8 Å². The third-order valence-corrected chi connectivity index (χ3v) is 5.16. The average molecular weight is 256 g/mol. The summed E-state index contributed by atoms with van der Waals surface area (Å²) in [6, 6.07) is 11.3. The van der Waals surface area contributed by atoms with Crippen LogP contribution in [-0.4, -0.2) is 0 Å². The molecular weight excluding hydrogens is 240 g/mol. The monoisotopic (exact) mass is 256 g/mol. The molecule has 0 heteroatoms. The minimum Gasteiger partial charge on any atom is -0.0805 e. The Bertz CT molecular complexity index is 804. The summed E-state index contributed by atoms with van der Waals surface area (Å²) in [5, 5.41) is 2.89. The zero-order chi connectivity index (χ0) is 13.1. The summed E-state index contributed by atoms with van der Waals surface area (Å²) in [6.07, 6.45) is 15.2. The number of benzene rings is 2.